The molecule has 0 aliphatic heterocycles. The van der Waals surface area contributed by atoms with Crippen LogP contribution in [-0.2, 0) is 13.1 Å². The SMILES string of the molecule is COc1ccc2ccccc2c1CN(CCO)Cc1cccs1. The van der Waals surface area contributed by atoms with Crippen LogP contribution >= 0.6 is 11.3 Å². The molecule has 120 valence electrons. The summed E-state index contributed by atoms with van der Waals surface area (Å²) in [5.41, 5.74) is 1.18. The van der Waals surface area contributed by atoms with E-state index in [0.717, 1.165) is 18.8 Å². The second-order valence-electron chi connectivity index (χ2n) is 5.48. The molecule has 0 saturated carbocycles. The average Bonchev–Trinajstić information content (AvgIpc) is 3.08. The maximum atomic E-state index is 9.41. The molecule has 3 rings (SSSR count). The minimum Gasteiger partial charge on any atom is -0.496 e. The maximum Gasteiger partial charge on any atom is 0.123 e. The van der Waals surface area contributed by atoms with E-state index in [1.165, 1.54) is 21.2 Å². The molecule has 0 radical (unpaired) electrons. The third-order valence-electron chi connectivity index (χ3n) is 3.98. The summed E-state index contributed by atoms with van der Waals surface area (Å²) in [5.74, 6) is 0.901. The molecule has 0 aliphatic rings. The van der Waals surface area contributed by atoms with E-state index in [-0.39, 0.29) is 6.61 Å². The number of aliphatic hydroxyl groups is 1. The summed E-state index contributed by atoms with van der Waals surface area (Å²) < 4.78 is 5.58. The number of hydrogen-bond acceptors (Lipinski definition) is 4. The Morgan fingerprint density at radius 2 is 1.91 bits per heavy atom. The number of hydrogen-bond donors (Lipinski definition) is 1. The van der Waals surface area contributed by atoms with Crippen molar-refractivity contribution in [3.05, 3.63) is 64.4 Å². The van der Waals surface area contributed by atoms with Crippen LogP contribution in [0, 0.1) is 0 Å². The summed E-state index contributed by atoms with van der Waals surface area (Å²) in [6.07, 6.45) is 0. The van der Waals surface area contributed by atoms with Crippen LogP contribution in [0.25, 0.3) is 10.8 Å². The third kappa shape index (κ3) is 3.72. The van der Waals surface area contributed by atoms with Gasteiger partial charge in [-0.05, 0) is 28.3 Å². The van der Waals surface area contributed by atoms with E-state index in [1.807, 2.05) is 6.07 Å². The molecule has 0 saturated heterocycles. The molecule has 0 aliphatic carbocycles. The summed E-state index contributed by atoms with van der Waals surface area (Å²) in [6.45, 7) is 2.39. The summed E-state index contributed by atoms with van der Waals surface area (Å²) in [7, 11) is 1.71. The molecule has 2 aromatic carbocycles. The fourth-order valence-electron chi connectivity index (χ4n) is 2.87. The Labute approximate surface area is 140 Å². The number of ether oxygens (including phenoxy) is 1. The summed E-state index contributed by atoms with van der Waals surface area (Å²) in [5, 5.41) is 13.9. The Bertz CT molecular complexity index is 755. The van der Waals surface area contributed by atoms with E-state index in [0.29, 0.717) is 6.54 Å². The number of fused-ring (bicyclic) bond motifs is 1. The van der Waals surface area contributed by atoms with Crippen LogP contribution < -0.4 is 4.74 Å². The largest absolute Gasteiger partial charge is 0.496 e. The van der Waals surface area contributed by atoms with Crippen LogP contribution in [0.5, 0.6) is 5.75 Å². The summed E-state index contributed by atoms with van der Waals surface area (Å²) >= 11 is 1.75. The number of thiophene rings is 1. The Balaban J connectivity index is 1.93. The molecule has 0 amide bonds. The van der Waals surface area contributed by atoms with Gasteiger partial charge in [-0.15, -0.1) is 11.3 Å². The first-order chi connectivity index (χ1) is 11.3. The van der Waals surface area contributed by atoms with Crippen LogP contribution in [0.15, 0.2) is 53.9 Å². The Hall–Kier alpha value is -1.88. The van der Waals surface area contributed by atoms with Gasteiger partial charge in [0.05, 0.1) is 13.7 Å². The van der Waals surface area contributed by atoms with Crippen LogP contribution in [0.2, 0.25) is 0 Å². The molecule has 0 atom stereocenters. The lowest BCUT2D eigenvalue weighted by molar-refractivity contribution is 0.184. The fraction of sp³-hybridized carbons (Fsp3) is 0.263. The highest BCUT2D eigenvalue weighted by Crippen LogP contribution is 2.29. The molecular formula is C19H21NO2S. The third-order valence-corrected chi connectivity index (χ3v) is 4.84. The minimum absolute atomic E-state index is 0.151. The second-order valence-corrected chi connectivity index (χ2v) is 6.51. The molecule has 3 nitrogen and oxygen atoms in total. The number of aliphatic hydroxyl groups excluding tert-OH is 1. The Morgan fingerprint density at radius 3 is 2.65 bits per heavy atom. The van der Waals surface area contributed by atoms with Crippen molar-refractivity contribution in [2.24, 2.45) is 0 Å². The van der Waals surface area contributed by atoms with Crippen molar-refractivity contribution in [3.8, 4) is 5.75 Å². The second kappa shape index (κ2) is 7.59. The average molecular weight is 327 g/mol. The first-order valence-electron chi connectivity index (χ1n) is 7.72. The van der Waals surface area contributed by atoms with Gasteiger partial charge >= 0.3 is 0 Å². The number of methoxy groups -OCH3 is 1. The Kier molecular flexibility index (Phi) is 5.28. The smallest absolute Gasteiger partial charge is 0.123 e. The summed E-state index contributed by atoms with van der Waals surface area (Å²) in [6, 6.07) is 16.7. The predicted octanol–water partition coefficient (Wildman–Crippen LogP) is 3.90. The zero-order chi connectivity index (χ0) is 16.1. The zero-order valence-electron chi connectivity index (χ0n) is 13.2. The molecule has 23 heavy (non-hydrogen) atoms. The number of nitrogens with zero attached hydrogens (tertiary/aromatic N) is 1. The lowest BCUT2D eigenvalue weighted by atomic mass is 10.0. The lowest BCUT2D eigenvalue weighted by Gasteiger charge is -2.23. The maximum absolute atomic E-state index is 9.41. The van der Waals surface area contributed by atoms with E-state index < -0.39 is 0 Å². The van der Waals surface area contributed by atoms with Gasteiger partial charge in [-0.25, -0.2) is 0 Å². The monoisotopic (exact) mass is 327 g/mol. The highest BCUT2D eigenvalue weighted by molar-refractivity contribution is 7.09. The normalized spacial score (nSPS) is 11.3. The topological polar surface area (TPSA) is 32.7 Å². The van der Waals surface area contributed by atoms with Crippen LogP contribution in [-0.4, -0.2) is 30.3 Å². The van der Waals surface area contributed by atoms with Crippen molar-refractivity contribution in [2.45, 2.75) is 13.1 Å². The van der Waals surface area contributed by atoms with Gasteiger partial charge in [0.15, 0.2) is 0 Å². The molecule has 1 aromatic heterocycles. The molecule has 1 N–H and O–H groups in total. The molecule has 0 unspecified atom stereocenters. The lowest BCUT2D eigenvalue weighted by Crippen LogP contribution is -2.26. The van der Waals surface area contributed by atoms with Gasteiger partial charge in [0.1, 0.15) is 5.75 Å². The molecule has 1 heterocycles. The molecule has 3 aromatic rings. The van der Waals surface area contributed by atoms with Crippen molar-refractivity contribution < 1.29 is 9.84 Å². The van der Waals surface area contributed by atoms with E-state index in [9.17, 15) is 5.11 Å². The van der Waals surface area contributed by atoms with Gasteiger partial charge in [0.2, 0.25) is 0 Å². The van der Waals surface area contributed by atoms with Gasteiger partial charge in [0.25, 0.3) is 0 Å². The van der Waals surface area contributed by atoms with Gasteiger partial charge in [-0.3, -0.25) is 4.90 Å². The van der Waals surface area contributed by atoms with Gasteiger partial charge in [-0.2, -0.15) is 0 Å². The first kappa shape index (κ1) is 16.0. The standard InChI is InChI=1S/C19H21NO2S/c1-22-19-9-8-15-5-2-3-7-17(15)18(19)14-20(10-11-21)13-16-6-4-12-23-16/h2-9,12,21H,10-11,13-14H2,1H3. The molecule has 4 heteroatoms. The predicted molar refractivity (Wildman–Crippen MR) is 96.0 cm³/mol. The number of rotatable bonds is 7. The molecule has 0 bridgehead atoms. The van der Waals surface area contributed by atoms with E-state index in [4.69, 9.17) is 4.74 Å². The Morgan fingerprint density at radius 1 is 1.04 bits per heavy atom. The summed E-state index contributed by atoms with van der Waals surface area (Å²) in [4.78, 5) is 3.56. The van der Waals surface area contributed by atoms with Crippen molar-refractivity contribution >= 4 is 22.1 Å². The zero-order valence-corrected chi connectivity index (χ0v) is 14.1. The quantitative estimate of drug-likeness (QED) is 0.714. The van der Waals surface area contributed by atoms with E-state index >= 15 is 0 Å². The highest BCUT2D eigenvalue weighted by Gasteiger charge is 2.14. The minimum atomic E-state index is 0.151. The van der Waals surface area contributed by atoms with Crippen LogP contribution in [0.3, 0.4) is 0 Å². The van der Waals surface area contributed by atoms with Crippen molar-refractivity contribution in [2.75, 3.05) is 20.3 Å². The molecular weight excluding hydrogens is 306 g/mol. The van der Waals surface area contributed by atoms with Crippen molar-refractivity contribution in [1.29, 1.82) is 0 Å². The van der Waals surface area contributed by atoms with Gasteiger partial charge < -0.3 is 9.84 Å². The highest BCUT2D eigenvalue weighted by atomic mass is 32.1. The molecule has 0 spiro atoms. The van der Waals surface area contributed by atoms with E-state index in [1.54, 1.807) is 18.4 Å². The fourth-order valence-corrected chi connectivity index (χ4v) is 3.62. The van der Waals surface area contributed by atoms with Crippen LogP contribution in [0.4, 0.5) is 0 Å². The number of benzene rings is 2. The van der Waals surface area contributed by atoms with Gasteiger partial charge in [0, 0.05) is 30.1 Å². The van der Waals surface area contributed by atoms with E-state index in [2.05, 4.69) is 52.7 Å². The van der Waals surface area contributed by atoms with Crippen molar-refractivity contribution in [1.82, 2.24) is 4.90 Å². The first-order valence-corrected chi connectivity index (χ1v) is 8.60. The van der Waals surface area contributed by atoms with Crippen LogP contribution in [0.1, 0.15) is 10.4 Å². The molecule has 0 fully saturated rings. The van der Waals surface area contributed by atoms with Crippen molar-refractivity contribution in [3.63, 3.8) is 0 Å². The van der Waals surface area contributed by atoms with Gasteiger partial charge in [-0.1, -0.05) is 36.4 Å².